The molecule has 0 heterocycles. The number of carbonyl (C=O) groups is 1. The first-order valence-corrected chi connectivity index (χ1v) is 4.40. The maximum Gasteiger partial charge on any atom is 0.153 e. The summed E-state index contributed by atoms with van der Waals surface area (Å²) in [7, 11) is 0. The zero-order valence-electron chi connectivity index (χ0n) is 7.92. The molecule has 0 bridgehead atoms. The van der Waals surface area contributed by atoms with Crippen LogP contribution in [0.1, 0.15) is 33.6 Å². The molecule has 0 saturated heterocycles. The lowest BCUT2D eigenvalue weighted by Crippen LogP contribution is -2.28. The molecule has 2 nitrogen and oxygen atoms in total. The third kappa shape index (κ3) is 1.85. The molecule has 0 aliphatic heterocycles. The molecule has 0 amide bonds. The van der Waals surface area contributed by atoms with Crippen molar-refractivity contribution >= 4 is 5.78 Å². The number of hydrogen-bond acceptors (Lipinski definition) is 2. The van der Waals surface area contributed by atoms with E-state index in [1.807, 2.05) is 20.8 Å². The maximum absolute atomic E-state index is 11.6. The summed E-state index contributed by atoms with van der Waals surface area (Å²) in [5.74, 6) is -0.0520. The van der Waals surface area contributed by atoms with Crippen LogP contribution in [0.5, 0.6) is 0 Å². The smallest absolute Gasteiger partial charge is 0.153 e. The van der Waals surface area contributed by atoms with Gasteiger partial charge in [0.15, 0.2) is 5.78 Å². The van der Waals surface area contributed by atoms with E-state index in [0.717, 1.165) is 12.8 Å². The average Bonchev–Trinajstić information content (AvgIpc) is 2.65. The first-order chi connectivity index (χ1) is 5.46. The SMILES string of the molecule is CC(C)(C)C(C#N)C(=O)C1CC1. The Morgan fingerprint density at radius 1 is 1.50 bits per heavy atom. The van der Waals surface area contributed by atoms with Gasteiger partial charge < -0.3 is 0 Å². The van der Waals surface area contributed by atoms with Crippen LogP contribution in [0.25, 0.3) is 0 Å². The molecular weight excluding hydrogens is 150 g/mol. The second-order valence-corrected chi connectivity index (χ2v) is 4.60. The molecule has 0 aromatic rings. The van der Waals surface area contributed by atoms with Crippen LogP contribution in [0.2, 0.25) is 0 Å². The van der Waals surface area contributed by atoms with Crippen LogP contribution < -0.4 is 0 Å². The Bertz CT molecular complexity index is 227. The molecule has 0 aromatic carbocycles. The van der Waals surface area contributed by atoms with E-state index >= 15 is 0 Å². The Morgan fingerprint density at radius 2 is 2.00 bits per heavy atom. The number of hydrogen-bond donors (Lipinski definition) is 0. The summed E-state index contributed by atoms with van der Waals surface area (Å²) < 4.78 is 0. The zero-order valence-corrected chi connectivity index (χ0v) is 7.92. The topological polar surface area (TPSA) is 40.9 Å². The lowest BCUT2D eigenvalue weighted by Gasteiger charge is -2.23. The van der Waals surface area contributed by atoms with E-state index in [4.69, 9.17) is 5.26 Å². The van der Waals surface area contributed by atoms with Gasteiger partial charge in [-0.05, 0) is 18.3 Å². The Hall–Kier alpha value is -0.840. The number of carbonyl (C=O) groups excluding carboxylic acids is 1. The summed E-state index contributed by atoms with van der Waals surface area (Å²) >= 11 is 0. The molecular formula is C10H15NO. The van der Waals surface area contributed by atoms with Gasteiger partial charge in [-0.25, -0.2) is 0 Å². The second kappa shape index (κ2) is 2.90. The molecule has 1 aliphatic rings. The Morgan fingerprint density at radius 3 is 2.25 bits per heavy atom. The molecule has 2 heteroatoms. The highest BCUT2D eigenvalue weighted by molar-refractivity contribution is 5.88. The van der Waals surface area contributed by atoms with Crippen molar-refractivity contribution in [2.75, 3.05) is 0 Å². The van der Waals surface area contributed by atoms with E-state index in [1.54, 1.807) is 0 Å². The molecule has 1 fully saturated rings. The van der Waals surface area contributed by atoms with Gasteiger partial charge >= 0.3 is 0 Å². The molecule has 0 spiro atoms. The van der Waals surface area contributed by atoms with Gasteiger partial charge in [-0.3, -0.25) is 4.79 Å². The van der Waals surface area contributed by atoms with Gasteiger partial charge in [0.25, 0.3) is 0 Å². The summed E-state index contributed by atoms with van der Waals surface area (Å²) in [6.45, 7) is 5.84. The minimum Gasteiger partial charge on any atom is -0.298 e. The lowest BCUT2D eigenvalue weighted by atomic mass is 9.78. The van der Waals surface area contributed by atoms with Gasteiger partial charge in [0.2, 0.25) is 0 Å². The van der Waals surface area contributed by atoms with Crippen LogP contribution in [-0.2, 0) is 4.79 Å². The van der Waals surface area contributed by atoms with Crippen LogP contribution in [0.3, 0.4) is 0 Å². The van der Waals surface area contributed by atoms with Crippen LogP contribution in [0.4, 0.5) is 0 Å². The third-order valence-electron chi connectivity index (χ3n) is 2.26. The van der Waals surface area contributed by atoms with Crippen molar-refractivity contribution in [2.45, 2.75) is 33.6 Å². The molecule has 0 aromatic heterocycles. The second-order valence-electron chi connectivity index (χ2n) is 4.60. The third-order valence-corrected chi connectivity index (χ3v) is 2.26. The highest BCUT2D eigenvalue weighted by atomic mass is 16.1. The van der Waals surface area contributed by atoms with E-state index in [-0.39, 0.29) is 17.1 Å². The van der Waals surface area contributed by atoms with E-state index in [1.165, 1.54) is 0 Å². The Kier molecular flexibility index (Phi) is 2.23. The number of Topliss-reactive ketones (excluding diaryl/α,β-unsaturated/α-hetero) is 1. The molecule has 1 rings (SSSR count). The minimum atomic E-state index is -0.412. The Labute approximate surface area is 73.6 Å². The average molecular weight is 165 g/mol. The monoisotopic (exact) mass is 165 g/mol. The van der Waals surface area contributed by atoms with Gasteiger partial charge in [-0.2, -0.15) is 5.26 Å². The van der Waals surface area contributed by atoms with Crippen molar-refractivity contribution in [3.8, 4) is 6.07 Å². The molecule has 1 aliphatic carbocycles. The summed E-state index contributed by atoms with van der Waals surface area (Å²) in [6, 6.07) is 2.11. The van der Waals surface area contributed by atoms with Crippen LogP contribution in [-0.4, -0.2) is 5.78 Å². The largest absolute Gasteiger partial charge is 0.298 e. The highest BCUT2D eigenvalue weighted by Crippen LogP contribution is 2.37. The van der Waals surface area contributed by atoms with E-state index < -0.39 is 5.92 Å². The van der Waals surface area contributed by atoms with Crippen molar-refractivity contribution in [3.05, 3.63) is 0 Å². The molecule has 0 N–H and O–H groups in total. The van der Waals surface area contributed by atoms with Gasteiger partial charge in [-0.1, -0.05) is 20.8 Å². The normalized spacial score (nSPS) is 19.8. The lowest BCUT2D eigenvalue weighted by molar-refractivity contribution is -0.125. The van der Waals surface area contributed by atoms with Gasteiger partial charge in [0.05, 0.1) is 6.07 Å². The van der Waals surface area contributed by atoms with Crippen molar-refractivity contribution in [1.82, 2.24) is 0 Å². The number of nitriles is 1. The van der Waals surface area contributed by atoms with E-state index in [0.29, 0.717) is 0 Å². The standard InChI is InChI=1S/C10H15NO/c1-10(2,3)8(6-11)9(12)7-4-5-7/h7-8H,4-5H2,1-3H3. The summed E-state index contributed by atoms with van der Waals surface area (Å²) in [5.41, 5.74) is -0.200. The number of ketones is 1. The van der Waals surface area contributed by atoms with Gasteiger partial charge in [-0.15, -0.1) is 0 Å². The minimum absolute atomic E-state index is 0.157. The Balaban J connectivity index is 2.69. The van der Waals surface area contributed by atoms with Crippen molar-refractivity contribution in [1.29, 1.82) is 5.26 Å². The maximum atomic E-state index is 11.6. The van der Waals surface area contributed by atoms with Crippen LogP contribution >= 0.6 is 0 Å². The first-order valence-electron chi connectivity index (χ1n) is 4.40. The predicted octanol–water partition coefficient (Wildman–Crippen LogP) is 2.15. The fourth-order valence-corrected chi connectivity index (χ4v) is 1.29. The van der Waals surface area contributed by atoms with Crippen LogP contribution in [0.15, 0.2) is 0 Å². The molecule has 1 saturated carbocycles. The van der Waals surface area contributed by atoms with E-state index in [2.05, 4.69) is 6.07 Å². The predicted molar refractivity (Wildman–Crippen MR) is 46.3 cm³/mol. The van der Waals surface area contributed by atoms with E-state index in [9.17, 15) is 4.79 Å². The quantitative estimate of drug-likeness (QED) is 0.629. The van der Waals surface area contributed by atoms with Crippen molar-refractivity contribution in [2.24, 2.45) is 17.3 Å². The summed E-state index contributed by atoms with van der Waals surface area (Å²) in [4.78, 5) is 11.6. The van der Waals surface area contributed by atoms with Gasteiger partial charge in [0, 0.05) is 5.92 Å². The summed E-state index contributed by atoms with van der Waals surface area (Å²) in [6.07, 6.45) is 1.99. The van der Waals surface area contributed by atoms with Crippen molar-refractivity contribution in [3.63, 3.8) is 0 Å². The van der Waals surface area contributed by atoms with Crippen LogP contribution in [0, 0.1) is 28.6 Å². The van der Waals surface area contributed by atoms with Crippen molar-refractivity contribution < 1.29 is 4.79 Å². The fourth-order valence-electron chi connectivity index (χ4n) is 1.29. The molecule has 1 atom stereocenters. The molecule has 0 radical (unpaired) electrons. The zero-order chi connectivity index (χ0) is 9.35. The van der Waals surface area contributed by atoms with Gasteiger partial charge in [0.1, 0.15) is 5.92 Å². The molecule has 1 unspecified atom stereocenters. The highest BCUT2D eigenvalue weighted by Gasteiger charge is 2.40. The molecule has 66 valence electrons. The fraction of sp³-hybridized carbons (Fsp3) is 0.800. The number of rotatable bonds is 2. The summed E-state index contributed by atoms with van der Waals surface area (Å²) in [5, 5.41) is 8.84. The number of nitrogens with zero attached hydrogens (tertiary/aromatic N) is 1. The molecule has 12 heavy (non-hydrogen) atoms. The first kappa shape index (κ1) is 9.25.